The molecule has 0 aromatic heterocycles. The van der Waals surface area contributed by atoms with Gasteiger partial charge in [-0.15, -0.1) is 0 Å². The number of hydrogen-bond acceptors (Lipinski definition) is 4. The number of ether oxygens (including phenoxy) is 1. The Bertz CT molecular complexity index is 458. The first-order chi connectivity index (χ1) is 8.75. The van der Waals surface area contributed by atoms with Crippen LogP contribution in [-0.2, 0) is 21.4 Å². The van der Waals surface area contributed by atoms with E-state index in [0.717, 1.165) is 11.1 Å². The Labute approximate surface area is 114 Å². The normalized spacial score (nSPS) is 11.4. The summed E-state index contributed by atoms with van der Waals surface area (Å²) in [6.45, 7) is 7.74. The predicted octanol–water partition coefficient (Wildman–Crippen LogP) is 2.08. The van der Waals surface area contributed by atoms with Crippen LogP contribution in [0, 0.1) is 6.92 Å². The Kier molecular flexibility index (Phi) is 4.95. The molecule has 19 heavy (non-hydrogen) atoms. The van der Waals surface area contributed by atoms with Gasteiger partial charge < -0.3 is 14.9 Å². The molecule has 0 heterocycles. The highest BCUT2D eigenvalue weighted by Crippen LogP contribution is 2.34. The fourth-order valence-electron chi connectivity index (χ4n) is 1.93. The zero-order valence-corrected chi connectivity index (χ0v) is 12.0. The quantitative estimate of drug-likeness (QED) is 0.819. The molecule has 0 aliphatic carbocycles. The Morgan fingerprint density at radius 3 is 2.47 bits per heavy atom. The lowest BCUT2D eigenvalue weighted by molar-refractivity contribution is -0.143. The fraction of sp³-hybridized carbons (Fsp3) is 0.533. The number of aliphatic hydroxyl groups excluding tert-OH is 1. The number of phenols is 1. The minimum Gasteiger partial charge on any atom is -0.507 e. The first kappa shape index (κ1) is 15.5. The third kappa shape index (κ3) is 4.24. The Hall–Kier alpha value is -1.55. The largest absolute Gasteiger partial charge is 0.507 e. The van der Waals surface area contributed by atoms with Crippen molar-refractivity contribution in [1.29, 1.82) is 0 Å². The van der Waals surface area contributed by atoms with E-state index < -0.39 is 5.97 Å². The number of hydrogen-bond donors (Lipinski definition) is 2. The third-order valence-corrected chi connectivity index (χ3v) is 2.83. The molecule has 0 radical (unpaired) electrons. The zero-order chi connectivity index (χ0) is 14.6. The van der Waals surface area contributed by atoms with Crippen LogP contribution in [-0.4, -0.2) is 29.4 Å². The van der Waals surface area contributed by atoms with Crippen LogP contribution in [0.3, 0.4) is 0 Å². The molecule has 0 unspecified atom stereocenters. The minimum absolute atomic E-state index is 0.0105. The predicted molar refractivity (Wildman–Crippen MR) is 73.3 cm³/mol. The van der Waals surface area contributed by atoms with Crippen molar-refractivity contribution in [2.75, 3.05) is 13.2 Å². The van der Waals surface area contributed by atoms with E-state index in [9.17, 15) is 9.90 Å². The number of aryl methyl sites for hydroxylation is 1. The average molecular weight is 266 g/mol. The summed E-state index contributed by atoms with van der Waals surface area (Å²) in [6, 6.07) is 3.71. The maximum absolute atomic E-state index is 11.6. The number of aromatic hydroxyl groups is 1. The number of carbonyl (C=O) groups is 1. The van der Waals surface area contributed by atoms with Crippen LogP contribution >= 0.6 is 0 Å². The second-order valence-electron chi connectivity index (χ2n) is 5.69. The summed E-state index contributed by atoms with van der Waals surface area (Å²) in [4.78, 5) is 11.6. The van der Waals surface area contributed by atoms with Gasteiger partial charge in [0.15, 0.2) is 0 Å². The number of aliphatic hydroxyl groups is 1. The average Bonchev–Trinajstić information content (AvgIpc) is 2.29. The smallest absolute Gasteiger partial charge is 0.310 e. The Balaban J connectivity index is 3.02. The second kappa shape index (κ2) is 6.06. The lowest BCUT2D eigenvalue weighted by Crippen LogP contribution is -2.15. The van der Waals surface area contributed by atoms with Crippen molar-refractivity contribution < 1.29 is 19.7 Å². The second-order valence-corrected chi connectivity index (χ2v) is 5.69. The van der Waals surface area contributed by atoms with Gasteiger partial charge >= 0.3 is 5.97 Å². The summed E-state index contributed by atoms with van der Waals surface area (Å²) >= 11 is 0. The van der Waals surface area contributed by atoms with Crippen molar-refractivity contribution in [1.82, 2.24) is 0 Å². The van der Waals surface area contributed by atoms with Gasteiger partial charge in [-0.3, -0.25) is 4.79 Å². The van der Waals surface area contributed by atoms with Crippen molar-refractivity contribution in [2.24, 2.45) is 0 Å². The van der Waals surface area contributed by atoms with E-state index in [2.05, 4.69) is 0 Å². The van der Waals surface area contributed by atoms with Gasteiger partial charge in [-0.25, -0.2) is 0 Å². The molecule has 1 aromatic rings. The van der Waals surface area contributed by atoms with E-state index in [1.54, 1.807) is 6.07 Å². The van der Waals surface area contributed by atoms with E-state index in [1.807, 2.05) is 33.8 Å². The number of carbonyl (C=O) groups excluding carboxylic acids is 1. The number of rotatable bonds is 4. The molecule has 1 rings (SSSR count). The van der Waals surface area contributed by atoms with Gasteiger partial charge in [-0.1, -0.05) is 38.5 Å². The topological polar surface area (TPSA) is 66.8 Å². The van der Waals surface area contributed by atoms with E-state index in [-0.39, 0.29) is 30.8 Å². The molecule has 0 saturated carbocycles. The first-order valence-electron chi connectivity index (χ1n) is 6.35. The summed E-state index contributed by atoms with van der Waals surface area (Å²) in [6.07, 6.45) is 0.0105. The molecule has 0 bridgehead atoms. The lowest BCUT2D eigenvalue weighted by atomic mass is 9.84. The first-order valence-corrected chi connectivity index (χ1v) is 6.35. The van der Waals surface area contributed by atoms with E-state index in [4.69, 9.17) is 9.84 Å². The SMILES string of the molecule is Cc1cc(CC(=O)OCCO)c(O)c(C(C)(C)C)c1. The van der Waals surface area contributed by atoms with E-state index >= 15 is 0 Å². The standard InChI is InChI=1S/C15H22O4/c1-10-7-11(9-13(17)19-6-5-16)14(18)12(8-10)15(2,3)4/h7-8,16,18H,5-6,9H2,1-4H3. The van der Waals surface area contributed by atoms with Crippen molar-refractivity contribution in [2.45, 2.75) is 39.5 Å². The summed E-state index contributed by atoms with van der Waals surface area (Å²) in [5.74, 6) is -0.297. The zero-order valence-electron chi connectivity index (χ0n) is 12.0. The van der Waals surface area contributed by atoms with Gasteiger partial charge in [0.25, 0.3) is 0 Å². The lowest BCUT2D eigenvalue weighted by Gasteiger charge is -2.22. The van der Waals surface area contributed by atoms with Gasteiger partial charge in [-0.05, 0) is 17.9 Å². The number of benzene rings is 1. The van der Waals surface area contributed by atoms with E-state index in [0.29, 0.717) is 5.56 Å². The molecule has 1 aromatic carbocycles. The monoisotopic (exact) mass is 266 g/mol. The summed E-state index contributed by atoms with van der Waals surface area (Å²) < 4.78 is 4.82. The van der Waals surface area contributed by atoms with Crippen LogP contribution in [0.5, 0.6) is 5.75 Å². The van der Waals surface area contributed by atoms with Crippen LogP contribution in [0.2, 0.25) is 0 Å². The molecular formula is C15H22O4. The van der Waals surface area contributed by atoms with Crippen molar-refractivity contribution in [3.8, 4) is 5.75 Å². The van der Waals surface area contributed by atoms with Gasteiger partial charge in [0, 0.05) is 5.56 Å². The molecule has 0 amide bonds. The van der Waals surface area contributed by atoms with Crippen LogP contribution in [0.15, 0.2) is 12.1 Å². The molecule has 0 fully saturated rings. The van der Waals surface area contributed by atoms with E-state index in [1.165, 1.54) is 0 Å². The fourth-order valence-corrected chi connectivity index (χ4v) is 1.93. The van der Waals surface area contributed by atoms with Crippen LogP contribution < -0.4 is 0 Å². The highest BCUT2D eigenvalue weighted by atomic mass is 16.5. The van der Waals surface area contributed by atoms with Crippen molar-refractivity contribution >= 4 is 5.97 Å². The van der Waals surface area contributed by atoms with Crippen LogP contribution in [0.4, 0.5) is 0 Å². The van der Waals surface area contributed by atoms with Gasteiger partial charge in [0.05, 0.1) is 13.0 Å². The van der Waals surface area contributed by atoms with Crippen LogP contribution in [0.25, 0.3) is 0 Å². The molecule has 0 aliphatic heterocycles. The molecule has 106 valence electrons. The van der Waals surface area contributed by atoms with Gasteiger partial charge in [-0.2, -0.15) is 0 Å². The number of phenolic OH excluding ortho intramolecular Hbond substituents is 1. The Morgan fingerprint density at radius 1 is 1.32 bits per heavy atom. The summed E-state index contributed by atoms with van der Waals surface area (Å²) in [7, 11) is 0. The van der Waals surface area contributed by atoms with Gasteiger partial charge in [0.2, 0.25) is 0 Å². The molecule has 0 saturated heterocycles. The summed E-state index contributed by atoms with van der Waals surface area (Å²) in [5, 5.41) is 18.9. The minimum atomic E-state index is -0.449. The molecular weight excluding hydrogens is 244 g/mol. The number of esters is 1. The van der Waals surface area contributed by atoms with Crippen molar-refractivity contribution in [3.63, 3.8) is 0 Å². The Morgan fingerprint density at radius 2 is 1.95 bits per heavy atom. The third-order valence-electron chi connectivity index (χ3n) is 2.83. The molecule has 4 nitrogen and oxygen atoms in total. The highest BCUT2D eigenvalue weighted by Gasteiger charge is 2.21. The summed E-state index contributed by atoms with van der Waals surface area (Å²) in [5.41, 5.74) is 2.18. The maximum atomic E-state index is 11.6. The van der Waals surface area contributed by atoms with Gasteiger partial charge in [0.1, 0.15) is 12.4 Å². The highest BCUT2D eigenvalue weighted by molar-refractivity contribution is 5.74. The molecule has 4 heteroatoms. The van der Waals surface area contributed by atoms with Crippen molar-refractivity contribution in [3.05, 3.63) is 28.8 Å². The molecule has 0 atom stereocenters. The molecule has 0 aliphatic rings. The molecule has 2 N–H and O–H groups in total. The molecule has 0 spiro atoms. The van der Waals surface area contributed by atoms with Crippen LogP contribution in [0.1, 0.15) is 37.5 Å². The maximum Gasteiger partial charge on any atom is 0.310 e.